The van der Waals surface area contributed by atoms with Crippen molar-refractivity contribution in [3.63, 3.8) is 0 Å². The predicted octanol–water partition coefficient (Wildman–Crippen LogP) is 4.43. The molecular weight excluding hydrogens is 221 g/mol. The number of thioether (sulfide) groups is 1. The molecule has 0 spiro atoms. The highest BCUT2D eigenvalue weighted by Gasteiger charge is 2.27. The average molecular weight is 235 g/mol. The third-order valence-electron chi connectivity index (χ3n) is 1.53. The highest BCUT2D eigenvalue weighted by Crippen LogP contribution is 2.31. The maximum Gasteiger partial charge on any atom is 0.441 e. The fourth-order valence-corrected chi connectivity index (χ4v) is 1.87. The molecule has 0 aliphatic heterocycles. The van der Waals surface area contributed by atoms with Crippen molar-refractivity contribution in [2.75, 3.05) is 5.75 Å². The number of rotatable bonds is 6. The molecule has 0 N–H and O–H groups in total. The average Bonchev–Trinajstić information content (AvgIpc) is 1.97. The Morgan fingerprint density at radius 3 is 2.38 bits per heavy atom. The lowest BCUT2D eigenvalue weighted by Gasteiger charge is -2.08. The van der Waals surface area contributed by atoms with Crippen LogP contribution in [0, 0.1) is 0 Å². The van der Waals surface area contributed by atoms with Crippen LogP contribution in [0.25, 0.3) is 0 Å². The van der Waals surface area contributed by atoms with Gasteiger partial charge in [0.15, 0.2) is 0 Å². The minimum Gasteiger partial charge on any atom is -0.160 e. The largest absolute Gasteiger partial charge is 0.441 e. The van der Waals surface area contributed by atoms with Crippen LogP contribution >= 0.6 is 23.4 Å². The first-order chi connectivity index (χ1) is 5.95. The van der Waals surface area contributed by atoms with Gasteiger partial charge in [0, 0.05) is 11.1 Å². The summed E-state index contributed by atoms with van der Waals surface area (Å²) in [5, 5.41) is 0.0406. The smallest absolute Gasteiger partial charge is 0.160 e. The van der Waals surface area contributed by atoms with Gasteiger partial charge in [-0.05, 0) is 19.3 Å². The fraction of sp³-hybridized carbons (Fsp3) is 1.00. The first kappa shape index (κ1) is 13.4. The summed E-state index contributed by atoms with van der Waals surface area (Å²) < 4.78 is 35.0. The first-order valence-electron chi connectivity index (χ1n) is 4.30. The van der Waals surface area contributed by atoms with Gasteiger partial charge in [0.05, 0.1) is 0 Å². The van der Waals surface area contributed by atoms with Gasteiger partial charge < -0.3 is 0 Å². The molecule has 0 amide bonds. The van der Waals surface area contributed by atoms with Crippen molar-refractivity contribution >= 4 is 23.4 Å². The van der Waals surface area contributed by atoms with E-state index in [0.717, 1.165) is 12.8 Å². The lowest BCUT2D eigenvalue weighted by atomic mass is 10.2. The topological polar surface area (TPSA) is 0 Å². The Morgan fingerprint density at radius 1 is 1.31 bits per heavy atom. The van der Waals surface area contributed by atoms with Gasteiger partial charge in [-0.3, -0.25) is 0 Å². The van der Waals surface area contributed by atoms with E-state index in [2.05, 4.69) is 0 Å². The maximum atomic E-state index is 11.7. The molecule has 0 rings (SSSR count). The molecule has 0 heterocycles. The van der Waals surface area contributed by atoms with Gasteiger partial charge in [-0.25, -0.2) is 0 Å². The van der Waals surface area contributed by atoms with Gasteiger partial charge in [-0.2, -0.15) is 13.2 Å². The molecule has 0 bridgehead atoms. The molecule has 13 heavy (non-hydrogen) atoms. The van der Waals surface area contributed by atoms with E-state index in [4.69, 9.17) is 11.6 Å². The minimum absolute atomic E-state index is 0.0350. The summed E-state index contributed by atoms with van der Waals surface area (Å²) in [6, 6.07) is 0. The summed E-state index contributed by atoms with van der Waals surface area (Å²) in [4.78, 5) is 0. The van der Waals surface area contributed by atoms with Crippen molar-refractivity contribution in [2.24, 2.45) is 0 Å². The third kappa shape index (κ3) is 10.4. The van der Waals surface area contributed by atoms with Crippen molar-refractivity contribution < 1.29 is 13.2 Å². The molecule has 0 aromatic heterocycles. The Morgan fingerprint density at radius 2 is 1.92 bits per heavy atom. The van der Waals surface area contributed by atoms with Crippen molar-refractivity contribution in [3.05, 3.63) is 0 Å². The summed E-state index contributed by atoms with van der Waals surface area (Å²) in [7, 11) is 0. The summed E-state index contributed by atoms with van der Waals surface area (Å²) >= 11 is 5.88. The van der Waals surface area contributed by atoms with Gasteiger partial charge in [0.25, 0.3) is 0 Å². The molecular formula is C8H14ClF3S. The monoisotopic (exact) mass is 234 g/mol. The van der Waals surface area contributed by atoms with Gasteiger partial charge in [-0.1, -0.05) is 25.1 Å². The maximum absolute atomic E-state index is 11.7. The zero-order valence-electron chi connectivity index (χ0n) is 7.53. The summed E-state index contributed by atoms with van der Waals surface area (Å²) in [6.45, 7) is 2.01. The molecule has 0 saturated heterocycles. The fourth-order valence-electron chi connectivity index (χ4n) is 0.950. The van der Waals surface area contributed by atoms with E-state index in [1.807, 2.05) is 6.92 Å². The van der Waals surface area contributed by atoms with Crippen LogP contribution in [0.5, 0.6) is 0 Å². The number of hydrogen-bond donors (Lipinski definition) is 0. The van der Waals surface area contributed by atoms with E-state index in [1.165, 1.54) is 0 Å². The molecule has 0 nitrogen and oxygen atoms in total. The van der Waals surface area contributed by atoms with Crippen LogP contribution in [0.15, 0.2) is 0 Å². The van der Waals surface area contributed by atoms with Gasteiger partial charge in [0.1, 0.15) is 0 Å². The minimum atomic E-state index is -4.09. The molecule has 0 saturated carbocycles. The Kier molecular flexibility index (Phi) is 7.05. The van der Waals surface area contributed by atoms with Crippen molar-refractivity contribution in [3.8, 4) is 0 Å². The van der Waals surface area contributed by atoms with E-state index < -0.39 is 5.51 Å². The lowest BCUT2D eigenvalue weighted by molar-refractivity contribution is -0.0328. The number of halogens is 4. The number of hydrogen-bond acceptors (Lipinski definition) is 1. The molecule has 1 atom stereocenters. The molecule has 0 aliphatic rings. The third-order valence-corrected chi connectivity index (χ3v) is 2.79. The quantitative estimate of drug-likeness (QED) is 0.484. The van der Waals surface area contributed by atoms with Crippen LogP contribution in [-0.2, 0) is 0 Å². The van der Waals surface area contributed by atoms with Crippen molar-refractivity contribution in [2.45, 2.75) is 43.5 Å². The summed E-state index contributed by atoms with van der Waals surface area (Å²) in [6.07, 6.45) is 3.09. The van der Waals surface area contributed by atoms with Crippen LogP contribution in [0.3, 0.4) is 0 Å². The molecule has 0 aliphatic carbocycles. The SMILES string of the molecule is CCCC(Cl)CCCSC(F)(F)F. The van der Waals surface area contributed by atoms with Crippen LogP contribution in [0.4, 0.5) is 13.2 Å². The summed E-state index contributed by atoms with van der Waals surface area (Å²) in [5.41, 5.74) is -4.09. The van der Waals surface area contributed by atoms with Crippen LogP contribution in [-0.4, -0.2) is 16.6 Å². The Hall–Kier alpha value is 0.430. The van der Waals surface area contributed by atoms with Crippen LogP contribution in [0.2, 0.25) is 0 Å². The Labute approximate surface area is 86.2 Å². The second kappa shape index (κ2) is 6.82. The summed E-state index contributed by atoms with van der Waals surface area (Å²) in [5.74, 6) is 0.121. The first-order valence-corrected chi connectivity index (χ1v) is 5.72. The molecule has 0 radical (unpaired) electrons. The van der Waals surface area contributed by atoms with Gasteiger partial charge >= 0.3 is 5.51 Å². The Balaban J connectivity index is 3.25. The second-order valence-electron chi connectivity index (χ2n) is 2.82. The standard InChI is InChI=1S/C8H14ClF3S/c1-2-4-7(9)5-3-6-13-8(10,11)12/h7H,2-6H2,1H3. The van der Waals surface area contributed by atoms with Gasteiger partial charge in [0.2, 0.25) is 0 Å². The van der Waals surface area contributed by atoms with Crippen molar-refractivity contribution in [1.29, 1.82) is 0 Å². The molecule has 0 fully saturated rings. The number of alkyl halides is 4. The molecule has 1 unspecified atom stereocenters. The highest BCUT2D eigenvalue weighted by atomic mass is 35.5. The second-order valence-corrected chi connectivity index (χ2v) is 4.60. The van der Waals surface area contributed by atoms with E-state index >= 15 is 0 Å². The lowest BCUT2D eigenvalue weighted by Crippen LogP contribution is -2.03. The Bertz CT molecular complexity index is 127. The molecule has 0 aromatic rings. The molecule has 5 heteroatoms. The van der Waals surface area contributed by atoms with E-state index in [0.29, 0.717) is 12.8 Å². The highest BCUT2D eigenvalue weighted by molar-refractivity contribution is 8.00. The van der Waals surface area contributed by atoms with E-state index in [9.17, 15) is 13.2 Å². The van der Waals surface area contributed by atoms with E-state index in [1.54, 1.807) is 0 Å². The normalized spacial score (nSPS) is 14.5. The van der Waals surface area contributed by atoms with Crippen molar-refractivity contribution in [1.82, 2.24) is 0 Å². The molecule has 80 valence electrons. The van der Waals surface area contributed by atoms with Crippen LogP contribution < -0.4 is 0 Å². The molecule has 0 aromatic carbocycles. The van der Waals surface area contributed by atoms with E-state index in [-0.39, 0.29) is 22.9 Å². The zero-order chi connectivity index (χ0) is 10.3. The zero-order valence-corrected chi connectivity index (χ0v) is 9.11. The predicted molar refractivity (Wildman–Crippen MR) is 52.3 cm³/mol. The van der Waals surface area contributed by atoms with Crippen LogP contribution in [0.1, 0.15) is 32.6 Å². The van der Waals surface area contributed by atoms with Gasteiger partial charge in [-0.15, -0.1) is 11.6 Å².